The molecule has 0 saturated carbocycles. The average molecular weight is 234 g/mol. The van der Waals surface area contributed by atoms with Crippen molar-refractivity contribution in [3.05, 3.63) is 51.8 Å². The summed E-state index contributed by atoms with van der Waals surface area (Å²) in [4.78, 5) is 10.2. The maximum atomic E-state index is 10.6. The molecule has 0 saturated heterocycles. The lowest BCUT2D eigenvalue weighted by atomic mass is 10.2. The summed E-state index contributed by atoms with van der Waals surface area (Å²) in [6.07, 6.45) is 1.60. The third-order valence-corrected chi connectivity index (χ3v) is 2.21. The van der Waals surface area contributed by atoms with E-state index < -0.39 is 4.92 Å². The molecule has 1 aromatic heterocycles. The third kappa shape index (κ3) is 2.64. The number of nitro groups is 1. The largest absolute Gasteiger partial charge is 0.390 e. The molecular weight excluding hydrogens is 224 g/mol. The lowest BCUT2D eigenvalue weighted by Gasteiger charge is -2.00. The number of aliphatic hydroxyl groups excluding tert-OH is 1. The Kier molecular flexibility index (Phi) is 3.10. The Morgan fingerprint density at radius 2 is 2.29 bits per heavy atom. The van der Waals surface area contributed by atoms with Gasteiger partial charge in [-0.05, 0) is 5.56 Å². The minimum atomic E-state index is -0.440. The van der Waals surface area contributed by atoms with Crippen molar-refractivity contribution in [3.63, 3.8) is 0 Å². The van der Waals surface area contributed by atoms with Crippen molar-refractivity contribution >= 4 is 5.69 Å². The van der Waals surface area contributed by atoms with Crippen molar-refractivity contribution in [1.82, 2.24) is 15.0 Å². The maximum Gasteiger partial charge on any atom is 0.269 e. The second kappa shape index (κ2) is 4.71. The minimum Gasteiger partial charge on any atom is -0.390 e. The highest BCUT2D eigenvalue weighted by Gasteiger charge is 2.06. The number of benzene rings is 1. The first-order valence-corrected chi connectivity index (χ1v) is 4.92. The molecule has 0 radical (unpaired) electrons. The van der Waals surface area contributed by atoms with Gasteiger partial charge in [0.05, 0.1) is 24.3 Å². The molecule has 0 amide bonds. The zero-order valence-corrected chi connectivity index (χ0v) is 8.85. The van der Waals surface area contributed by atoms with Gasteiger partial charge in [0.1, 0.15) is 5.69 Å². The molecule has 0 aliphatic heterocycles. The van der Waals surface area contributed by atoms with Gasteiger partial charge in [0.25, 0.3) is 5.69 Å². The Hall–Kier alpha value is -2.28. The Bertz CT molecular complexity index is 538. The minimum absolute atomic E-state index is 0.0463. The van der Waals surface area contributed by atoms with E-state index in [-0.39, 0.29) is 12.3 Å². The van der Waals surface area contributed by atoms with Crippen LogP contribution in [0.3, 0.4) is 0 Å². The highest BCUT2D eigenvalue weighted by molar-refractivity contribution is 5.34. The van der Waals surface area contributed by atoms with Gasteiger partial charge in [0.2, 0.25) is 0 Å². The second-order valence-electron chi connectivity index (χ2n) is 3.49. The van der Waals surface area contributed by atoms with Gasteiger partial charge < -0.3 is 5.11 Å². The highest BCUT2D eigenvalue weighted by atomic mass is 16.6. The lowest BCUT2D eigenvalue weighted by molar-refractivity contribution is -0.384. The van der Waals surface area contributed by atoms with Crippen LogP contribution < -0.4 is 0 Å². The summed E-state index contributed by atoms with van der Waals surface area (Å²) in [5.41, 5.74) is 1.27. The fourth-order valence-corrected chi connectivity index (χ4v) is 1.44. The van der Waals surface area contributed by atoms with Gasteiger partial charge in [0, 0.05) is 12.1 Å². The van der Waals surface area contributed by atoms with Crippen LogP contribution in [0.15, 0.2) is 30.5 Å². The SMILES string of the molecule is O=[N+]([O-])c1cccc(Cn2cc(CO)nn2)c1. The molecule has 0 spiro atoms. The molecule has 17 heavy (non-hydrogen) atoms. The van der Waals surface area contributed by atoms with Gasteiger partial charge in [-0.2, -0.15) is 0 Å². The molecule has 1 heterocycles. The van der Waals surface area contributed by atoms with E-state index in [0.29, 0.717) is 12.2 Å². The van der Waals surface area contributed by atoms with Crippen molar-refractivity contribution in [3.8, 4) is 0 Å². The van der Waals surface area contributed by atoms with Gasteiger partial charge in [-0.25, -0.2) is 4.68 Å². The average Bonchev–Trinajstić information content (AvgIpc) is 2.77. The van der Waals surface area contributed by atoms with Crippen LogP contribution >= 0.6 is 0 Å². The number of aromatic nitrogens is 3. The standard InChI is InChI=1S/C10H10N4O3/c15-7-9-6-13(12-11-9)5-8-2-1-3-10(4-8)14(16)17/h1-4,6,15H,5,7H2. The fourth-order valence-electron chi connectivity index (χ4n) is 1.44. The highest BCUT2D eigenvalue weighted by Crippen LogP contribution is 2.13. The Balaban J connectivity index is 2.18. The number of aliphatic hydroxyl groups is 1. The number of non-ortho nitro benzene ring substituents is 1. The van der Waals surface area contributed by atoms with Crippen LogP contribution in [0.2, 0.25) is 0 Å². The lowest BCUT2D eigenvalue weighted by Crippen LogP contribution is -2.01. The summed E-state index contributed by atoms with van der Waals surface area (Å²) in [6.45, 7) is 0.212. The Morgan fingerprint density at radius 1 is 1.47 bits per heavy atom. The normalized spacial score (nSPS) is 10.4. The molecule has 88 valence electrons. The first kappa shape index (κ1) is 11.2. The van der Waals surface area contributed by atoms with Crippen LogP contribution in [-0.4, -0.2) is 25.0 Å². The number of rotatable bonds is 4. The molecule has 0 fully saturated rings. The molecule has 1 N–H and O–H groups in total. The van der Waals surface area contributed by atoms with Crippen LogP contribution in [0.25, 0.3) is 0 Å². The van der Waals surface area contributed by atoms with E-state index in [0.717, 1.165) is 5.56 Å². The van der Waals surface area contributed by atoms with Gasteiger partial charge in [0.15, 0.2) is 0 Å². The van der Waals surface area contributed by atoms with E-state index in [1.165, 1.54) is 16.8 Å². The second-order valence-corrected chi connectivity index (χ2v) is 3.49. The van der Waals surface area contributed by atoms with Crippen molar-refractivity contribution in [1.29, 1.82) is 0 Å². The summed E-state index contributed by atoms with van der Waals surface area (Å²) >= 11 is 0. The molecule has 0 aliphatic rings. The quantitative estimate of drug-likeness (QED) is 0.621. The summed E-state index contributed by atoms with van der Waals surface area (Å²) in [5, 5.41) is 26.9. The molecule has 0 aliphatic carbocycles. The predicted molar refractivity (Wildman–Crippen MR) is 58.1 cm³/mol. The zero-order chi connectivity index (χ0) is 12.3. The van der Waals surface area contributed by atoms with Crippen LogP contribution in [0.5, 0.6) is 0 Å². The van der Waals surface area contributed by atoms with E-state index in [4.69, 9.17) is 5.11 Å². The molecular formula is C10H10N4O3. The van der Waals surface area contributed by atoms with E-state index in [1.54, 1.807) is 18.3 Å². The molecule has 2 aromatic rings. The Morgan fingerprint density at radius 3 is 2.94 bits per heavy atom. The predicted octanol–water partition coefficient (Wildman–Crippen LogP) is 0.727. The topological polar surface area (TPSA) is 94.1 Å². The van der Waals surface area contributed by atoms with Gasteiger partial charge >= 0.3 is 0 Å². The smallest absolute Gasteiger partial charge is 0.269 e. The molecule has 0 atom stereocenters. The summed E-state index contributed by atoms with van der Waals surface area (Å²) in [6, 6.07) is 6.31. The molecule has 7 nitrogen and oxygen atoms in total. The van der Waals surface area contributed by atoms with Gasteiger partial charge in [-0.15, -0.1) is 5.10 Å². The number of hydrogen-bond donors (Lipinski definition) is 1. The first-order chi connectivity index (χ1) is 8.19. The van der Waals surface area contributed by atoms with E-state index in [2.05, 4.69) is 10.3 Å². The number of nitrogens with zero attached hydrogens (tertiary/aromatic N) is 4. The van der Waals surface area contributed by atoms with E-state index in [1.807, 2.05) is 0 Å². The summed E-state index contributed by atoms with van der Waals surface area (Å²) in [5.74, 6) is 0. The van der Waals surface area contributed by atoms with Crippen molar-refractivity contribution in [2.24, 2.45) is 0 Å². The van der Waals surface area contributed by atoms with E-state index in [9.17, 15) is 10.1 Å². The van der Waals surface area contributed by atoms with Crippen LogP contribution in [0, 0.1) is 10.1 Å². The number of hydrogen-bond acceptors (Lipinski definition) is 5. The van der Waals surface area contributed by atoms with Crippen LogP contribution in [0.4, 0.5) is 5.69 Å². The van der Waals surface area contributed by atoms with E-state index >= 15 is 0 Å². The Labute approximate surface area is 96.5 Å². The molecule has 0 unspecified atom stereocenters. The third-order valence-electron chi connectivity index (χ3n) is 2.21. The summed E-state index contributed by atoms with van der Waals surface area (Å²) < 4.78 is 1.52. The van der Waals surface area contributed by atoms with Crippen molar-refractivity contribution in [2.75, 3.05) is 0 Å². The zero-order valence-electron chi connectivity index (χ0n) is 8.85. The fraction of sp³-hybridized carbons (Fsp3) is 0.200. The molecule has 7 heteroatoms. The van der Waals surface area contributed by atoms with Crippen LogP contribution in [-0.2, 0) is 13.2 Å². The molecule has 0 bridgehead atoms. The monoisotopic (exact) mass is 234 g/mol. The first-order valence-electron chi connectivity index (χ1n) is 4.92. The molecule has 2 rings (SSSR count). The van der Waals surface area contributed by atoms with Gasteiger partial charge in [-0.3, -0.25) is 10.1 Å². The van der Waals surface area contributed by atoms with Crippen LogP contribution in [0.1, 0.15) is 11.3 Å². The van der Waals surface area contributed by atoms with Crippen molar-refractivity contribution in [2.45, 2.75) is 13.2 Å². The number of nitro benzene ring substituents is 1. The summed E-state index contributed by atoms with van der Waals surface area (Å²) in [7, 11) is 0. The molecule has 1 aromatic carbocycles. The van der Waals surface area contributed by atoms with Gasteiger partial charge in [-0.1, -0.05) is 17.3 Å². The maximum absolute atomic E-state index is 10.6. The van der Waals surface area contributed by atoms with Crippen molar-refractivity contribution < 1.29 is 10.0 Å².